The van der Waals surface area contributed by atoms with E-state index in [0.29, 0.717) is 11.4 Å². The first kappa shape index (κ1) is 17.5. The van der Waals surface area contributed by atoms with E-state index in [2.05, 4.69) is 29.3 Å². The molecule has 0 aromatic heterocycles. The van der Waals surface area contributed by atoms with E-state index in [4.69, 9.17) is 11.6 Å². The highest BCUT2D eigenvalue weighted by atomic mass is 35.5. The lowest BCUT2D eigenvalue weighted by Crippen LogP contribution is -2.27. The molecule has 0 spiro atoms. The summed E-state index contributed by atoms with van der Waals surface area (Å²) in [5.74, 6) is 0.0106. The summed E-state index contributed by atoms with van der Waals surface area (Å²) in [4.78, 5) is 14.4. The van der Waals surface area contributed by atoms with Crippen LogP contribution in [-0.2, 0) is 11.3 Å². The number of hydrogen-bond acceptors (Lipinski definition) is 2. The number of carbonyl (C=O) groups is 1. The minimum absolute atomic E-state index is 0.0106. The Morgan fingerprint density at radius 2 is 1.91 bits per heavy atom. The third-order valence-electron chi connectivity index (χ3n) is 3.81. The monoisotopic (exact) mass is 330 g/mol. The molecule has 0 heterocycles. The van der Waals surface area contributed by atoms with Crippen LogP contribution in [0.15, 0.2) is 48.5 Å². The van der Waals surface area contributed by atoms with Crippen LogP contribution in [0.1, 0.15) is 24.5 Å². The molecule has 0 fully saturated rings. The lowest BCUT2D eigenvalue weighted by Gasteiger charge is -2.20. The second-order valence-corrected chi connectivity index (χ2v) is 6.02. The van der Waals surface area contributed by atoms with Gasteiger partial charge in [-0.3, -0.25) is 9.69 Å². The van der Waals surface area contributed by atoms with Crippen LogP contribution in [0.25, 0.3) is 0 Å². The van der Waals surface area contributed by atoms with E-state index >= 15 is 0 Å². The summed E-state index contributed by atoms with van der Waals surface area (Å²) in [7, 11) is 0. The van der Waals surface area contributed by atoms with Gasteiger partial charge in [0.05, 0.1) is 0 Å². The minimum Gasteiger partial charge on any atom is -0.326 e. The van der Waals surface area contributed by atoms with Gasteiger partial charge in [0.15, 0.2) is 0 Å². The predicted molar refractivity (Wildman–Crippen MR) is 96.8 cm³/mol. The molecule has 2 aromatic carbocycles. The molecular weight excluding hydrogens is 308 g/mol. The molecule has 1 N–H and O–H groups in total. The molecule has 0 saturated carbocycles. The Morgan fingerprint density at radius 1 is 1.17 bits per heavy atom. The van der Waals surface area contributed by atoms with Crippen LogP contribution in [0.4, 0.5) is 5.69 Å². The van der Waals surface area contributed by atoms with Gasteiger partial charge in [0, 0.05) is 30.2 Å². The number of rotatable bonds is 7. The van der Waals surface area contributed by atoms with E-state index < -0.39 is 0 Å². The maximum atomic E-state index is 12.1. The van der Waals surface area contributed by atoms with Gasteiger partial charge in [0.25, 0.3) is 0 Å². The Kier molecular flexibility index (Phi) is 6.63. The number of anilines is 1. The van der Waals surface area contributed by atoms with Crippen LogP contribution in [0.2, 0.25) is 5.02 Å². The molecule has 0 bridgehead atoms. The number of halogens is 1. The Balaban J connectivity index is 1.83. The molecule has 0 aliphatic heterocycles. The molecule has 0 radical (unpaired) electrons. The van der Waals surface area contributed by atoms with Crippen LogP contribution in [0.3, 0.4) is 0 Å². The molecule has 4 heteroatoms. The Hall–Kier alpha value is -1.84. The van der Waals surface area contributed by atoms with Crippen molar-refractivity contribution in [3.05, 3.63) is 64.7 Å². The maximum absolute atomic E-state index is 12.1. The van der Waals surface area contributed by atoms with E-state index in [-0.39, 0.29) is 5.91 Å². The highest BCUT2D eigenvalue weighted by molar-refractivity contribution is 6.31. The molecule has 1 amide bonds. The summed E-state index contributed by atoms with van der Waals surface area (Å²) in [6.07, 6.45) is 0.464. The number of nitrogens with zero attached hydrogens (tertiary/aromatic N) is 1. The summed E-state index contributed by atoms with van der Waals surface area (Å²) in [5.41, 5.74) is 3.02. The van der Waals surface area contributed by atoms with Crippen LogP contribution in [0.5, 0.6) is 0 Å². The standard InChI is InChI=1S/C19H23ClN2O/c1-3-22(14-16-7-5-4-6-8-16)12-11-19(23)21-17-10-9-15(2)18(20)13-17/h4-10,13H,3,11-12,14H2,1-2H3,(H,21,23). The molecule has 2 rings (SSSR count). The van der Waals surface area contributed by atoms with Crippen LogP contribution >= 0.6 is 11.6 Å². The third kappa shape index (κ3) is 5.70. The Morgan fingerprint density at radius 3 is 2.57 bits per heavy atom. The van der Waals surface area contributed by atoms with Gasteiger partial charge < -0.3 is 5.32 Å². The zero-order valence-corrected chi connectivity index (χ0v) is 14.4. The summed E-state index contributed by atoms with van der Waals surface area (Å²) in [6.45, 7) is 6.56. The molecule has 0 unspecified atom stereocenters. The van der Waals surface area contributed by atoms with Gasteiger partial charge in [-0.15, -0.1) is 0 Å². The zero-order valence-electron chi connectivity index (χ0n) is 13.7. The summed E-state index contributed by atoms with van der Waals surface area (Å²) in [5, 5.41) is 3.57. The minimum atomic E-state index is 0.0106. The van der Waals surface area contributed by atoms with Crippen molar-refractivity contribution in [2.24, 2.45) is 0 Å². The second kappa shape index (κ2) is 8.70. The lowest BCUT2D eigenvalue weighted by atomic mass is 10.2. The topological polar surface area (TPSA) is 32.3 Å². The largest absolute Gasteiger partial charge is 0.326 e. The van der Waals surface area contributed by atoms with Gasteiger partial charge in [-0.2, -0.15) is 0 Å². The van der Waals surface area contributed by atoms with Crippen molar-refractivity contribution < 1.29 is 4.79 Å². The average molecular weight is 331 g/mol. The van der Waals surface area contributed by atoms with E-state index in [9.17, 15) is 4.79 Å². The lowest BCUT2D eigenvalue weighted by molar-refractivity contribution is -0.116. The first-order valence-corrected chi connectivity index (χ1v) is 8.28. The van der Waals surface area contributed by atoms with E-state index in [1.165, 1.54) is 5.56 Å². The Bertz CT molecular complexity index is 643. The molecule has 0 atom stereocenters. The van der Waals surface area contributed by atoms with Crippen LogP contribution in [-0.4, -0.2) is 23.9 Å². The van der Waals surface area contributed by atoms with Crippen molar-refractivity contribution in [3.8, 4) is 0 Å². The third-order valence-corrected chi connectivity index (χ3v) is 4.21. The average Bonchev–Trinajstić information content (AvgIpc) is 2.56. The molecule has 23 heavy (non-hydrogen) atoms. The smallest absolute Gasteiger partial charge is 0.225 e. The normalized spacial score (nSPS) is 10.8. The van der Waals surface area contributed by atoms with Gasteiger partial charge in [0.2, 0.25) is 5.91 Å². The fourth-order valence-electron chi connectivity index (χ4n) is 2.34. The number of carbonyl (C=O) groups excluding carboxylic acids is 1. The first-order valence-electron chi connectivity index (χ1n) is 7.90. The van der Waals surface area contributed by atoms with Gasteiger partial charge in [-0.1, -0.05) is 54.9 Å². The number of hydrogen-bond donors (Lipinski definition) is 1. The van der Waals surface area contributed by atoms with Gasteiger partial charge >= 0.3 is 0 Å². The number of benzene rings is 2. The zero-order chi connectivity index (χ0) is 16.7. The highest BCUT2D eigenvalue weighted by Crippen LogP contribution is 2.20. The maximum Gasteiger partial charge on any atom is 0.225 e. The van der Waals surface area contributed by atoms with Crippen molar-refractivity contribution in [3.63, 3.8) is 0 Å². The molecule has 3 nitrogen and oxygen atoms in total. The van der Waals surface area contributed by atoms with E-state index in [1.54, 1.807) is 6.07 Å². The van der Waals surface area contributed by atoms with E-state index in [0.717, 1.165) is 30.9 Å². The molecule has 122 valence electrons. The van der Waals surface area contributed by atoms with Crippen LogP contribution in [0, 0.1) is 6.92 Å². The summed E-state index contributed by atoms with van der Waals surface area (Å²) in [6, 6.07) is 15.9. The molecule has 0 aliphatic carbocycles. The SMILES string of the molecule is CCN(CCC(=O)Nc1ccc(C)c(Cl)c1)Cc1ccccc1. The van der Waals surface area contributed by atoms with E-state index in [1.807, 2.05) is 37.3 Å². The van der Waals surface area contributed by atoms with Crippen LogP contribution < -0.4 is 5.32 Å². The van der Waals surface area contributed by atoms with Gasteiger partial charge in [-0.25, -0.2) is 0 Å². The first-order chi connectivity index (χ1) is 11.1. The Labute approximate surface area is 143 Å². The molecule has 2 aromatic rings. The van der Waals surface area contributed by atoms with Crippen molar-refractivity contribution in [1.82, 2.24) is 4.90 Å². The van der Waals surface area contributed by atoms with Gasteiger partial charge in [-0.05, 0) is 36.7 Å². The van der Waals surface area contributed by atoms with Crippen molar-refractivity contribution >= 4 is 23.2 Å². The van der Waals surface area contributed by atoms with Crippen molar-refractivity contribution in [1.29, 1.82) is 0 Å². The number of nitrogens with one attached hydrogen (secondary N) is 1. The quantitative estimate of drug-likeness (QED) is 0.810. The molecule has 0 saturated heterocycles. The predicted octanol–water partition coefficient (Wildman–Crippen LogP) is 4.50. The van der Waals surface area contributed by atoms with Gasteiger partial charge in [0.1, 0.15) is 0 Å². The number of amides is 1. The fourth-order valence-corrected chi connectivity index (χ4v) is 2.52. The summed E-state index contributed by atoms with van der Waals surface area (Å²) >= 11 is 6.08. The molecule has 0 aliphatic rings. The summed E-state index contributed by atoms with van der Waals surface area (Å²) < 4.78 is 0. The second-order valence-electron chi connectivity index (χ2n) is 5.62. The fraction of sp³-hybridized carbons (Fsp3) is 0.316. The van der Waals surface area contributed by atoms with Crippen molar-refractivity contribution in [2.45, 2.75) is 26.8 Å². The highest BCUT2D eigenvalue weighted by Gasteiger charge is 2.08. The number of aryl methyl sites for hydroxylation is 1. The van der Waals surface area contributed by atoms with Crippen molar-refractivity contribution in [2.75, 3.05) is 18.4 Å². The molecular formula is C19H23ClN2O.